The fourth-order valence-electron chi connectivity index (χ4n) is 2.33. The molecule has 2 aliphatic rings. The van der Waals surface area contributed by atoms with E-state index in [0.717, 1.165) is 6.54 Å². The van der Waals surface area contributed by atoms with Crippen LogP contribution in [0.25, 0.3) is 0 Å². The van der Waals surface area contributed by atoms with Crippen LogP contribution >= 0.6 is 0 Å². The smallest absolute Gasteiger partial charge is 0.242 e. The van der Waals surface area contributed by atoms with Crippen LogP contribution in [0.3, 0.4) is 0 Å². The normalized spacial score (nSPS) is 39.8. The molecule has 1 unspecified atom stereocenters. The van der Waals surface area contributed by atoms with E-state index in [-0.39, 0.29) is 11.9 Å². The first kappa shape index (κ1) is 9.93. The summed E-state index contributed by atoms with van der Waals surface area (Å²) in [5.74, 6) is 0.717. The van der Waals surface area contributed by atoms with Crippen LogP contribution in [0, 0.1) is 5.92 Å². The average molecular weight is 198 g/mol. The molecule has 0 bridgehead atoms. The Labute approximate surface area is 84.8 Å². The van der Waals surface area contributed by atoms with Gasteiger partial charge in [0.2, 0.25) is 5.91 Å². The monoisotopic (exact) mass is 198 g/mol. The number of hydrogen-bond donors (Lipinski definition) is 0. The minimum atomic E-state index is -0.0417. The molecule has 0 aromatic carbocycles. The lowest BCUT2D eigenvalue weighted by molar-refractivity contribution is -0.133. The van der Waals surface area contributed by atoms with Crippen LogP contribution in [0.4, 0.5) is 0 Å². The van der Waals surface area contributed by atoms with E-state index in [1.165, 1.54) is 0 Å². The minimum Gasteiger partial charge on any atom is -0.364 e. The molecule has 2 rings (SSSR count). The summed E-state index contributed by atoms with van der Waals surface area (Å²) in [5, 5.41) is 0. The summed E-state index contributed by atoms with van der Waals surface area (Å²) in [4.78, 5) is 15.9. The van der Waals surface area contributed by atoms with Gasteiger partial charge >= 0.3 is 0 Å². The highest BCUT2D eigenvalue weighted by molar-refractivity contribution is 5.82. The van der Waals surface area contributed by atoms with E-state index in [1.54, 1.807) is 0 Å². The summed E-state index contributed by atoms with van der Waals surface area (Å²) in [6, 6.07) is 0.386. The highest BCUT2D eigenvalue weighted by Crippen LogP contribution is 2.24. The SMILES string of the molecule is C[C@@H]1CN(C)C(=O)C2COCN2[C@@H]1C. The second kappa shape index (κ2) is 3.51. The number of rotatable bonds is 0. The standard InChI is InChI=1S/C10H18N2O2/c1-7-4-11(3)10(13)9-5-14-6-12(9)8(7)2/h7-9H,4-6H2,1-3H3/t7-,8-,9?/m1/s1. The Hall–Kier alpha value is -0.610. The van der Waals surface area contributed by atoms with Crippen molar-refractivity contribution < 1.29 is 9.53 Å². The van der Waals surface area contributed by atoms with Gasteiger partial charge in [0.1, 0.15) is 12.8 Å². The Balaban J connectivity index is 2.24. The van der Waals surface area contributed by atoms with Crippen LogP contribution in [-0.4, -0.2) is 54.7 Å². The van der Waals surface area contributed by atoms with Gasteiger partial charge in [-0.15, -0.1) is 0 Å². The van der Waals surface area contributed by atoms with Crippen molar-refractivity contribution in [1.29, 1.82) is 0 Å². The van der Waals surface area contributed by atoms with Crippen molar-refractivity contribution in [3.63, 3.8) is 0 Å². The van der Waals surface area contributed by atoms with Crippen molar-refractivity contribution in [2.24, 2.45) is 5.92 Å². The molecule has 2 aliphatic heterocycles. The number of hydrogen-bond acceptors (Lipinski definition) is 3. The minimum absolute atomic E-state index is 0.0417. The predicted molar refractivity (Wildman–Crippen MR) is 52.7 cm³/mol. The van der Waals surface area contributed by atoms with Crippen LogP contribution < -0.4 is 0 Å². The molecule has 0 N–H and O–H groups in total. The summed E-state index contributed by atoms with van der Waals surface area (Å²) in [6.45, 7) is 6.39. The van der Waals surface area contributed by atoms with E-state index in [1.807, 2.05) is 11.9 Å². The maximum atomic E-state index is 11.9. The van der Waals surface area contributed by atoms with Crippen LogP contribution in [0.5, 0.6) is 0 Å². The van der Waals surface area contributed by atoms with Crippen LogP contribution in [-0.2, 0) is 9.53 Å². The number of carbonyl (C=O) groups is 1. The zero-order valence-electron chi connectivity index (χ0n) is 9.06. The van der Waals surface area contributed by atoms with Gasteiger partial charge in [-0.1, -0.05) is 6.92 Å². The largest absolute Gasteiger partial charge is 0.364 e. The Kier molecular flexibility index (Phi) is 2.49. The van der Waals surface area contributed by atoms with E-state index in [9.17, 15) is 4.79 Å². The van der Waals surface area contributed by atoms with Gasteiger partial charge in [0.05, 0.1) is 6.61 Å². The molecule has 0 radical (unpaired) electrons. The molecular weight excluding hydrogens is 180 g/mol. The average Bonchev–Trinajstić information content (AvgIpc) is 2.60. The first-order valence-electron chi connectivity index (χ1n) is 5.19. The molecule has 4 nitrogen and oxygen atoms in total. The van der Waals surface area contributed by atoms with Crippen molar-refractivity contribution in [3.05, 3.63) is 0 Å². The number of amides is 1. The molecule has 0 spiro atoms. The van der Waals surface area contributed by atoms with Gasteiger partial charge in [-0.2, -0.15) is 0 Å². The molecule has 4 heteroatoms. The van der Waals surface area contributed by atoms with Crippen molar-refractivity contribution in [3.8, 4) is 0 Å². The number of fused-ring (bicyclic) bond motifs is 1. The summed E-state index contributed by atoms with van der Waals surface area (Å²) in [6.07, 6.45) is 0. The van der Waals surface area contributed by atoms with Crippen molar-refractivity contribution in [2.45, 2.75) is 25.9 Å². The zero-order valence-corrected chi connectivity index (χ0v) is 9.06. The number of ether oxygens (including phenoxy) is 1. The van der Waals surface area contributed by atoms with E-state index in [4.69, 9.17) is 4.74 Å². The lowest BCUT2D eigenvalue weighted by atomic mass is 10.0. The molecule has 2 fully saturated rings. The number of nitrogens with zero attached hydrogens (tertiary/aromatic N) is 2. The van der Waals surface area contributed by atoms with Gasteiger partial charge in [0.15, 0.2) is 0 Å². The van der Waals surface area contributed by atoms with Crippen LogP contribution in [0.15, 0.2) is 0 Å². The van der Waals surface area contributed by atoms with Crippen LogP contribution in [0.2, 0.25) is 0 Å². The lowest BCUT2D eigenvalue weighted by Crippen LogP contribution is -2.45. The van der Waals surface area contributed by atoms with Gasteiger partial charge < -0.3 is 9.64 Å². The number of carbonyl (C=O) groups excluding carboxylic acids is 1. The van der Waals surface area contributed by atoms with Gasteiger partial charge in [-0.25, -0.2) is 0 Å². The summed E-state index contributed by atoms with van der Waals surface area (Å²) in [7, 11) is 1.88. The van der Waals surface area contributed by atoms with Gasteiger partial charge in [-0.3, -0.25) is 9.69 Å². The highest BCUT2D eigenvalue weighted by atomic mass is 16.5. The molecule has 1 amide bonds. The second-order valence-corrected chi connectivity index (χ2v) is 4.47. The fourth-order valence-corrected chi connectivity index (χ4v) is 2.33. The topological polar surface area (TPSA) is 32.8 Å². The molecule has 0 saturated carbocycles. The molecule has 0 aliphatic carbocycles. The summed E-state index contributed by atoms with van der Waals surface area (Å²) in [5.41, 5.74) is 0. The molecule has 80 valence electrons. The third-order valence-corrected chi connectivity index (χ3v) is 3.49. The maximum Gasteiger partial charge on any atom is 0.242 e. The highest BCUT2D eigenvalue weighted by Gasteiger charge is 2.41. The third-order valence-electron chi connectivity index (χ3n) is 3.49. The first-order chi connectivity index (χ1) is 6.61. The van der Waals surface area contributed by atoms with Crippen LogP contribution in [0.1, 0.15) is 13.8 Å². The Morgan fingerprint density at radius 1 is 1.43 bits per heavy atom. The lowest BCUT2D eigenvalue weighted by Gasteiger charge is -2.27. The van der Waals surface area contributed by atoms with Crippen molar-refractivity contribution >= 4 is 5.91 Å². The zero-order chi connectivity index (χ0) is 10.3. The molecule has 0 aromatic heterocycles. The molecule has 3 atom stereocenters. The Bertz CT molecular complexity index is 244. The second-order valence-electron chi connectivity index (χ2n) is 4.47. The van der Waals surface area contributed by atoms with Gasteiger partial charge in [-0.05, 0) is 12.8 Å². The number of likely N-dealkylation sites (N-methyl/N-ethyl adjacent to an activating group) is 1. The quantitative estimate of drug-likeness (QED) is 0.555. The molecule has 0 aromatic rings. The summed E-state index contributed by atoms with van der Waals surface area (Å²) >= 11 is 0. The van der Waals surface area contributed by atoms with Crippen molar-refractivity contribution in [2.75, 3.05) is 26.9 Å². The Morgan fingerprint density at radius 2 is 2.14 bits per heavy atom. The molecule has 2 saturated heterocycles. The fraction of sp³-hybridized carbons (Fsp3) is 0.900. The molecule has 14 heavy (non-hydrogen) atoms. The maximum absolute atomic E-state index is 11.9. The van der Waals surface area contributed by atoms with E-state index in [0.29, 0.717) is 25.3 Å². The van der Waals surface area contributed by atoms with E-state index < -0.39 is 0 Å². The van der Waals surface area contributed by atoms with E-state index in [2.05, 4.69) is 18.7 Å². The molecule has 2 heterocycles. The first-order valence-corrected chi connectivity index (χ1v) is 5.19. The molecular formula is C10H18N2O2. The van der Waals surface area contributed by atoms with E-state index >= 15 is 0 Å². The van der Waals surface area contributed by atoms with Crippen molar-refractivity contribution in [1.82, 2.24) is 9.80 Å². The predicted octanol–water partition coefficient (Wildman–Crippen LogP) is 0.141. The van der Waals surface area contributed by atoms with Gasteiger partial charge in [0, 0.05) is 19.6 Å². The third kappa shape index (κ3) is 1.42. The van der Waals surface area contributed by atoms with Gasteiger partial charge in [0.25, 0.3) is 0 Å². The Morgan fingerprint density at radius 3 is 2.86 bits per heavy atom. The summed E-state index contributed by atoms with van der Waals surface area (Å²) < 4.78 is 5.36.